The van der Waals surface area contributed by atoms with Gasteiger partial charge in [-0.05, 0) is 17.7 Å². The number of aromatic carboxylic acids is 1. The van der Waals surface area contributed by atoms with Crippen molar-refractivity contribution in [3.05, 3.63) is 45.9 Å². The molecule has 2 rings (SSSR count). The second-order valence-corrected chi connectivity index (χ2v) is 5.15. The number of rotatable bonds is 7. The van der Waals surface area contributed by atoms with E-state index in [-0.39, 0.29) is 5.69 Å². The first-order chi connectivity index (χ1) is 9.69. The molecule has 0 radical (unpaired) electrons. The van der Waals surface area contributed by atoms with Crippen LogP contribution in [-0.4, -0.2) is 29.7 Å². The Labute approximate surface area is 121 Å². The lowest BCUT2D eigenvalue weighted by molar-refractivity contribution is 0.0691. The number of ether oxygens (including phenoxy) is 1. The van der Waals surface area contributed by atoms with Gasteiger partial charge in [-0.2, -0.15) is 0 Å². The molecule has 0 atom stereocenters. The fourth-order valence-electron chi connectivity index (χ4n) is 1.70. The van der Waals surface area contributed by atoms with Gasteiger partial charge in [0.25, 0.3) is 0 Å². The van der Waals surface area contributed by atoms with Crippen molar-refractivity contribution in [2.75, 3.05) is 13.7 Å². The summed E-state index contributed by atoms with van der Waals surface area (Å²) in [6.45, 7) is 1.53. The summed E-state index contributed by atoms with van der Waals surface area (Å²) >= 11 is 1.38. The highest BCUT2D eigenvalue weighted by Crippen LogP contribution is 2.12. The van der Waals surface area contributed by atoms with E-state index in [1.165, 1.54) is 16.9 Å². The number of methoxy groups -OCH3 is 1. The quantitative estimate of drug-likeness (QED) is 0.765. The Morgan fingerprint density at radius 3 is 2.75 bits per heavy atom. The summed E-state index contributed by atoms with van der Waals surface area (Å²) in [5.41, 5.74) is 1.30. The first-order valence-electron chi connectivity index (χ1n) is 6.20. The number of nitrogens with zero attached hydrogens (tertiary/aromatic N) is 1. The average molecular weight is 292 g/mol. The van der Waals surface area contributed by atoms with Gasteiger partial charge in [-0.25, -0.2) is 9.78 Å². The van der Waals surface area contributed by atoms with E-state index in [4.69, 9.17) is 9.84 Å². The molecule has 0 bridgehead atoms. The van der Waals surface area contributed by atoms with Crippen LogP contribution in [0, 0.1) is 0 Å². The van der Waals surface area contributed by atoms with Gasteiger partial charge in [0.15, 0.2) is 5.69 Å². The van der Waals surface area contributed by atoms with E-state index in [1.807, 2.05) is 24.3 Å². The predicted octanol–water partition coefficient (Wildman–Crippen LogP) is 2.18. The van der Waals surface area contributed by atoms with Gasteiger partial charge in [-0.15, -0.1) is 11.3 Å². The molecule has 20 heavy (non-hydrogen) atoms. The number of aromatic nitrogens is 1. The molecule has 2 aromatic rings. The first kappa shape index (κ1) is 14.5. The SMILES string of the molecule is COc1ccc(CNCCc2nc(C(=O)O)cs2)cc1. The lowest BCUT2D eigenvalue weighted by Crippen LogP contribution is -2.16. The van der Waals surface area contributed by atoms with Crippen LogP contribution in [0.15, 0.2) is 29.6 Å². The molecule has 1 aromatic carbocycles. The molecule has 0 saturated carbocycles. The highest BCUT2D eigenvalue weighted by molar-refractivity contribution is 7.09. The summed E-state index contributed by atoms with van der Waals surface area (Å²) in [6, 6.07) is 7.88. The van der Waals surface area contributed by atoms with Crippen molar-refractivity contribution in [2.24, 2.45) is 0 Å². The molecule has 0 spiro atoms. The van der Waals surface area contributed by atoms with Gasteiger partial charge in [-0.1, -0.05) is 12.1 Å². The summed E-state index contributed by atoms with van der Waals surface area (Å²) in [5, 5.41) is 14.5. The van der Waals surface area contributed by atoms with E-state index in [0.29, 0.717) is 0 Å². The summed E-state index contributed by atoms with van der Waals surface area (Å²) in [4.78, 5) is 14.7. The van der Waals surface area contributed by atoms with E-state index in [2.05, 4.69) is 10.3 Å². The zero-order valence-electron chi connectivity index (χ0n) is 11.1. The molecule has 0 aliphatic carbocycles. The standard InChI is InChI=1S/C14H16N2O3S/c1-19-11-4-2-10(3-5-11)8-15-7-6-13-16-12(9-20-13)14(17)18/h2-5,9,15H,6-8H2,1H3,(H,17,18). The van der Waals surface area contributed by atoms with Crippen molar-refractivity contribution in [2.45, 2.75) is 13.0 Å². The molecule has 106 valence electrons. The van der Waals surface area contributed by atoms with Gasteiger partial charge >= 0.3 is 5.97 Å². The lowest BCUT2D eigenvalue weighted by Gasteiger charge is -2.05. The van der Waals surface area contributed by atoms with Gasteiger partial charge in [-0.3, -0.25) is 0 Å². The molecule has 0 amide bonds. The number of carboxylic acid groups (broad SMARTS) is 1. The van der Waals surface area contributed by atoms with Crippen molar-refractivity contribution in [1.82, 2.24) is 10.3 Å². The third kappa shape index (κ3) is 4.04. The zero-order valence-corrected chi connectivity index (χ0v) is 11.9. The molecule has 0 unspecified atom stereocenters. The van der Waals surface area contributed by atoms with Gasteiger partial charge in [0, 0.05) is 24.9 Å². The van der Waals surface area contributed by atoms with Crippen LogP contribution in [0.1, 0.15) is 21.1 Å². The van der Waals surface area contributed by atoms with Crippen LogP contribution in [-0.2, 0) is 13.0 Å². The van der Waals surface area contributed by atoms with Crippen molar-refractivity contribution in [1.29, 1.82) is 0 Å². The maximum absolute atomic E-state index is 10.7. The maximum Gasteiger partial charge on any atom is 0.355 e. The third-order valence-corrected chi connectivity index (χ3v) is 3.68. The fraction of sp³-hybridized carbons (Fsp3) is 0.286. The van der Waals surface area contributed by atoms with Gasteiger partial charge in [0.05, 0.1) is 12.1 Å². The zero-order chi connectivity index (χ0) is 14.4. The fourth-order valence-corrected chi connectivity index (χ4v) is 2.47. The second-order valence-electron chi connectivity index (χ2n) is 4.21. The Hall–Kier alpha value is -1.92. The smallest absolute Gasteiger partial charge is 0.355 e. The molecule has 0 aliphatic rings. The normalized spacial score (nSPS) is 10.4. The minimum atomic E-state index is -0.973. The number of hydrogen-bond acceptors (Lipinski definition) is 5. The number of nitrogens with one attached hydrogen (secondary N) is 1. The van der Waals surface area contributed by atoms with Crippen LogP contribution in [0.4, 0.5) is 0 Å². The monoisotopic (exact) mass is 292 g/mol. The van der Waals surface area contributed by atoms with Crippen LogP contribution in [0.5, 0.6) is 5.75 Å². The Balaban J connectivity index is 1.73. The van der Waals surface area contributed by atoms with E-state index in [1.54, 1.807) is 12.5 Å². The predicted molar refractivity (Wildman–Crippen MR) is 77.5 cm³/mol. The summed E-state index contributed by atoms with van der Waals surface area (Å²) < 4.78 is 5.10. The summed E-state index contributed by atoms with van der Waals surface area (Å²) in [6.07, 6.45) is 0.730. The highest BCUT2D eigenvalue weighted by Gasteiger charge is 2.07. The van der Waals surface area contributed by atoms with Crippen molar-refractivity contribution in [3.8, 4) is 5.75 Å². The second kappa shape index (κ2) is 7.02. The molecule has 0 fully saturated rings. The molecule has 0 aliphatic heterocycles. The number of hydrogen-bond donors (Lipinski definition) is 2. The van der Waals surface area contributed by atoms with Crippen molar-refractivity contribution in [3.63, 3.8) is 0 Å². The largest absolute Gasteiger partial charge is 0.497 e. The van der Waals surface area contributed by atoms with E-state index in [0.717, 1.165) is 30.3 Å². The molecule has 0 saturated heterocycles. The lowest BCUT2D eigenvalue weighted by atomic mass is 10.2. The van der Waals surface area contributed by atoms with E-state index in [9.17, 15) is 4.79 Å². The van der Waals surface area contributed by atoms with Crippen LogP contribution < -0.4 is 10.1 Å². The molecule has 1 heterocycles. The number of carbonyl (C=O) groups is 1. The Bertz CT molecular complexity index is 566. The third-order valence-electron chi connectivity index (χ3n) is 2.77. The van der Waals surface area contributed by atoms with Crippen LogP contribution in [0.25, 0.3) is 0 Å². The molecule has 5 nitrogen and oxygen atoms in total. The van der Waals surface area contributed by atoms with E-state index < -0.39 is 5.97 Å². The minimum absolute atomic E-state index is 0.125. The molecule has 6 heteroatoms. The first-order valence-corrected chi connectivity index (χ1v) is 7.08. The molecular weight excluding hydrogens is 276 g/mol. The van der Waals surface area contributed by atoms with Crippen molar-refractivity contribution < 1.29 is 14.6 Å². The average Bonchev–Trinajstić information content (AvgIpc) is 2.93. The minimum Gasteiger partial charge on any atom is -0.497 e. The number of benzene rings is 1. The Morgan fingerprint density at radius 1 is 1.40 bits per heavy atom. The topological polar surface area (TPSA) is 71.5 Å². The molecule has 2 N–H and O–H groups in total. The number of thiazole rings is 1. The highest BCUT2D eigenvalue weighted by atomic mass is 32.1. The van der Waals surface area contributed by atoms with Gasteiger partial charge in [0.2, 0.25) is 0 Å². The summed E-state index contributed by atoms with van der Waals surface area (Å²) in [7, 11) is 1.65. The van der Waals surface area contributed by atoms with Crippen molar-refractivity contribution >= 4 is 17.3 Å². The number of carboxylic acids is 1. The van der Waals surface area contributed by atoms with Gasteiger partial charge < -0.3 is 15.2 Å². The molecular formula is C14H16N2O3S. The van der Waals surface area contributed by atoms with Crippen LogP contribution in [0.3, 0.4) is 0 Å². The van der Waals surface area contributed by atoms with Gasteiger partial charge in [0.1, 0.15) is 5.75 Å². The van der Waals surface area contributed by atoms with Crippen LogP contribution in [0.2, 0.25) is 0 Å². The Kier molecular flexibility index (Phi) is 5.09. The van der Waals surface area contributed by atoms with E-state index >= 15 is 0 Å². The molecule has 1 aromatic heterocycles. The van der Waals surface area contributed by atoms with Crippen LogP contribution >= 0.6 is 11.3 Å². The Morgan fingerprint density at radius 2 is 2.15 bits per heavy atom. The summed E-state index contributed by atoms with van der Waals surface area (Å²) in [5.74, 6) is -0.128. The maximum atomic E-state index is 10.7.